The van der Waals surface area contributed by atoms with Crippen LogP contribution in [0.5, 0.6) is 0 Å². The van der Waals surface area contributed by atoms with Gasteiger partial charge in [0, 0.05) is 58.2 Å². The molecule has 0 spiro atoms. The van der Waals surface area contributed by atoms with E-state index in [0.29, 0.717) is 0 Å². The molecule has 2 N–H and O–H groups in total. The maximum atomic E-state index is 10.4. The second-order valence-corrected chi connectivity index (χ2v) is 6.37. The largest absolute Gasteiger partial charge is 0.387 e. The zero-order chi connectivity index (χ0) is 14.5. The van der Waals surface area contributed by atoms with Gasteiger partial charge < -0.3 is 15.3 Å². The molecule has 0 amide bonds. The molecule has 3 heterocycles. The van der Waals surface area contributed by atoms with Crippen molar-refractivity contribution < 1.29 is 5.11 Å². The summed E-state index contributed by atoms with van der Waals surface area (Å²) >= 11 is 0. The van der Waals surface area contributed by atoms with Crippen LogP contribution in [0.1, 0.15) is 12.0 Å². The smallest absolute Gasteiger partial charge is 0.0909 e. The van der Waals surface area contributed by atoms with Gasteiger partial charge in [-0.25, -0.2) is 0 Å². The summed E-state index contributed by atoms with van der Waals surface area (Å²) in [5, 5.41) is 13.7. The van der Waals surface area contributed by atoms with Gasteiger partial charge in [-0.2, -0.15) is 0 Å². The third-order valence-electron chi connectivity index (χ3n) is 4.67. The van der Waals surface area contributed by atoms with Gasteiger partial charge in [-0.15, -0.1) is 0 Å². The minimum atomic E-state index is -0.501. The van der Waals surface area contributed by atoms with Crippen LogP contribution >= 0.6 is 0 Å². The molecule has 21 heavy (non-hydrogen) atoms. The van der Waals surface area contributed by atoms with Crippen LogP contribution in [-0.2, 0) is 6.42 Å². The summed E-state index contributed by atoms with van der Waals surface area (Å²) in [4.78, 5) is 8.99. The summed E-state index contributed by atoms with van der Waals surface area (Å²) in [5.74, 6) is 0. The molecule has 0 aliphatic carbocycles. The lowest BCUT2D eigenvalue weighted by Crippen LogP contribution is -2.52. The number of piperazine rings is 1. The van der Waals surface area contributed by atoms with Crippen molar-refractivity contribution >= 4 is 0 Å². The minimum absolute atomic E-state index is 0.501. The summed E-state index contributed by atoms with van der Waals surface area (Å²) in [5.41, 5.74) is 0.859. The van der Waals surface area contributed by atoms with E-state index in [1.165, 1.54) is 5.56 Å². The number of hydrogen-bond acceptors (Lipinski definition) is 5. The van der Waals surface area contributed by atoms with E-state index < -0.39 is 5.60 Å². The average Bonchev–Trinajstić information content (AvgIpc) is 2.94. The molecule has 1 aromatic rings. The molecule has 0 bridgehead atoms. The number of hydrogen-bond donors (Lipinski definition) is 2. The third kappa shape index (κ3) is 4.23. The average molecular weight is 290 g/mol. The van der Waals surface area contributed by atoms with Crippen LogP contribution in [-0.4, -0.2) is 77.8 Å². The Morgan fingerprint density at radius 3 is 2.52 bits per heavy atom. The predicted molar refractivity (Wildman–Crippen MR) is 83.3 cm³/mol. The van der Waals surface area contributed by atoms with E-state index in [1.807, 2.05) is 12.4 Å². The van der Waals surface area contributed by atoms with Crippen molar-refractivity contribution in [1.82, 2.24) is 20.1 Å². The second kappa shape index (κ2) is 6.83. The van der Waals surface area contributed by atoms with Gasteiger partial charge in [0.15, 0.2) is 0 Å². The molecule has 5 heteroatoms. The number of rotatable bonds is 5. The quantitative estimate of drug-likeness (QED) is 0.797. The fraction of sp³-hybridized carbons (Fsp3) is 0.688. The van der Waals surface area contributed by atoms with E-state index in [0.717, 1.165) is 65.2 Å². The molecule has 1 aromatic heterocycles. The molecule has 5 nitrogen and oxygen atoms in total. The van der Waals surface area contributed by atoms with Crippen molar-refractivity contribution in [3.8, 4) is 0 Å². The van der Waals surface area contributed by atoms with E-state index in [-0.39, 0.29) is 0 Å². The lowest BCUT2D eigenvalue weighted by molar-refractivity contribution is 0.00535. The molecule has 0 unspecified atom stereocenters. The highest BCUT2D eigenvalue weighted by molar-refractivity contribution is 5.09. The van der Waals surface area contributed by atoms with Gasteiger partial charge in [0.1, 0.15) is 0 Å². The zero-order valence-corrected chi connectivity index (χ0v) is 12.7. The number of nitrogens with zero attached hydrogens (tertiary/aromatic N) is 3. The highest BCUT2D eigenvalue weighted by Crippen LogP contribution is 2.17. The van der Waals surface area contributed by atoms with Gasteiger partial charge in [-0.05, 0) is 37.1 Å². The molecule has 2 aliphatic heterocycles. The van der Waals surface area contributed by atoms with Crippen molar-refractivity contribution in [3.05, 3.63) is 30.1 Å². The van der Waals surface area contributed by atoms with E-state index in [1.54, 1.807) is 0 Å². The topological polar surface area (TPSA) is 51.6 Å². The first kappa shape index (κ1) is 14.9. The van der Waals surface area contributed by atoms with Crippen molar-refractivity contribution in [2.45, 2.75) is 18.4 Å². The van der Waals surface area contributed by atoms with Crippen molar-refractivity contribution in [3.63, 3.8) is 0 Å². The molecule has 2 saturated heterocycles. The first-order valence-corrected chi connectivity index (χ1v) is 8.00. The molecule has 116 valence electrons. The van der Waals surface area contributed by atoms with Gasteiger partial charge >= 0.3 is 0 Å². The van der Waals surface area contributed by atoms with E-state index in [9.17, 15) is 5.11 Å². The Hall–Kier alpha value is -1.01. The summed E-state index contributed by atoms with van der Waals surface area (Å²) in [6.07, 6.45) is 5.71. The summed E-state index contributed by atoms with van der Waals surface area (Å²) in [7, 11) is 0. The fourth-order valence-electron chi connectivity index (χ4n) is 3.29. The highest BCUT2D eigenvalue weighted by Gasteiger charge is 2.33. The molecule has 2 aliphatic rings. The maximum absolute atomic E-state index is 10.4. The Bertz CT molecular complexity index is 425. The van der Waals surface area contributed by atoms with Crippen LogP contribution in [0.25, 0.3) is 0 Å². The zero-order valence-electron chi connectivity index (χ0n) is 12.7. The number of aromatic nitrogens is 1. The fourth-order valence-corrected chi connectivity index (χ4v) is 3.29. The molecular weight excluding hydrogens is 264 g/mol. The van der Waals surface area contributed by atoms with Crippen molar-refractivity contribution in [2.75, 3.05) is 52.4 Å². The first-order chi connectivity index (χ1) is 10.2. The SMILES string of the molecule is O[C@]1(CN2CCN(CCc3ccncc3)CC2)CCNC1. The Labute approximate surface area is 127 Å². The highest BCUT2D eigenvalue weighted by atomic mass is 16.3. The monoisotopic (exact) mass is 290 g/mol. The van der Waals surface area contributed by atoms with Gasteiger partial charge in [0.05, 0.1) is 5.60 Å². The van der Waals surface area contributed by atoms with Crippen LogP contribution in [0.3, 0.4) is 0 Å². The normalized spacial score (nSPS) is 28.0. The summed E-state index contributed by atoms with van der Waals surface area (Å²) in [6, 6.07) is 4.19. The second-order valence-electron chi connectivity index (χ2n) is 6.37. The van der Waals surface area contributed by atoms with Crippen LogP contribution in [0, 0.1) is 0 Å². The number of β-amino-alcohol motifs (C(OH)–C–C–N with tert-alkyl or cyclic N) is 1. The summed E-state index contributed by atoms with van der Waals surface area (Å²) < 4.78 is 0. The van der Waals surface area contributed by atoms with E-state index in [4.69, 9.17) is 0 Å². The van der Waals surface area contributed by atoms with Crippen LogP contribution in [0.15, 0.2) is 24.5 Å². The Morgan fingerprint density at radius 2 is 1.86 bits per heavy atom. The minimum Gasteiger partial charge on any atom is -0.387 e. The lowest BCUT2D eigenvalue weighted by Gasteiger charge is -2.38. The predicted octanol–water partition coefficient (Wildman–Crippen LogP) is -0.0339. The van der Waals surface area contributed by atoms with E-state index in [2.05, 4.69) is 32.2 Å². The molecule has 0 saturated carbocycles. The number of pyridine rings is 1. The van der Waals surface area contributed by atoms with E-state index >= 15 is 0 Å². The van der Waals surface area contributed by atoms with Crippen LogP contribution < -0.4 is 5.32 Å². The van der Waals surface area contributed by atoms with Crippen molar-refractivity contribution in [1.29, 1.82) is 0 Å². The molecule has 2 fully saturated rings. The molecule has 0 aromatic carbocycles. The van der Waals surface area contributed by atoms with Gasteiger partial charge in [-0.1, -0.05) is 0 Å². The Kier molecular flexibility index (Phi) is 4.85. The number of aliphatic hydroxyl groups is 1. The molecule has 3 rings (SSSR count). The van der Waals surface area contributed by atoms with Crippen LogP contribution in [0.2, 0.25) is 0 Å². The van der Waals surface area contributed by atoms with Crippen molar-refractivity contribution in [2.24, 2.45) is 0 Å². The number of nitrogens with one attached hydrogen (secondary N) is 1. The molecule has 0 radical (unpaired) electrons. The molecular formula is C16H26N4O. The Balaban J connectivity index is 1.39. The third-order valence-corrected chi connectivity index (χ3v) is 4.67. The summed E-state index contributed by atoms with van der Waals surface area (Å²) in [6.45, 7) is 7.97. The van der Waals surface area contributed by atoms with Gasteiger partial charge in [0.25, 0.3) is 0 Å². The first-order valence-electron chi connectivity index (χ1n) is 8.00. The Morgan fingerprint density at radius 1 is 1.14 bits per heavy atom. The van der Waals surface area contributed by atoms with Gasteiger partial charge in [0.2, 0.25) is 0 Å². The lowest BCUT2D eigenvalue weighted by atomic mass is 10.0. The maximum Gasteiger partial charge on any atom is 0.0909 e. The standard InChI is InChI=1S/C16H26N4O/c21-16(4-7-18-13-16)14-20-11-9-19(10-12-20)8-3-15-1-5-17-6-2-15/h1-2,5-6,18,21H,3-4,7-14H2/t16-/m1/s1. The molecule has 1 atom stereocenters. The van der Waals surface area contributed by atoms with Crippen LogP contribution in [0.4, 0.5) is 0 Å². The van der Waals surface area contributed by atoms with Gasteiger partial charge in [-0.3, -0.25) is 9.88 Å².